The average molecular weight is 290 g/mol. The van der Waals surface area contributed by atoms with Gasteiger partial charge in [0.05, 0.1) is 0 Å². The van der Waals surface area contributed by atoms with Gasteiger partial charge in [0.25, 0.3) is 0 Å². The van der Waals surface area contributed by atoms with Crippen LogP contribution >= 0.6 is 11.8 Å². The van der Waals surface area contributed by atoms with E-state index in [0.717, 1.165) is 11.8 Å². The summed E-state index contributed by atoms with van der Waals surface area (Å²) in [5, 5.41) is 4.50. The predicted octanol–water partition coefficient (Wildman–Crippen LogP) is 3.44. The number of thioether (sulfide) groups is 1. The summed E-state index contributed by atoms with van der Waals surface area (Å²) in [6.45, 7) is 3.39. The molecule has 2 aliphatic heterocycles. The minimum atomic E-state index is 0.840. The molecule has 1 atom stereocenters. The molecule has 2 heterocycles. The van der Waals surface area contributed by atoms with Crippen LogP contribution in [0.25, 0.3) is 0 Å². The first-order valence-electron chi connectivity index (χ1n) is 7.98. The van der Waals surface area contributed by atoms with Crippen LogP contribution in [0.1, 0.15) is 36.8 Å². The molecular formula is C17H26N2S. The van der Waals surface area contributed by atoms with E-state index in [1.165, 1.54) is 67.8 Å². The molecular weight excluding hydrogens is 264 g/mol. The summed E-state index contributed by atoms with van der Waals surface area (Å²) in [5.74, 6) is 1.36. The van der Waals surface area contributed by atoms with Crippen molar-refractivity contribution in [1.29, 1.82) is 0 Å². The summed E-state index contributed by atoms with van der Waals surface area (Å²) in [4.78, 5) is 2.38. The number of nitrogens with zero attached hydrogens (tertiary/aromatic N) is 1. The van der Waals surface area contributed by atoms with Crippen molar-refractivity contribution in [2.45, 2.75) is 43.9 Å². The fourth-order valence-electron chi connectivity index (χ4n) is 3.29. The van der Waals surface area contributed by atoms with Crippen molar-refractivity contribution in [2.24, 2.45) is 0 Å². The van der Waals surface area contributed by atoms with Crippen molar-refractivity contribution in [3.05, 3.63) is 29.3 Å². The van der Waals surface area contributed by atoms with Gasteiger partial charge < -0.3 is 10.2 Å². The van der Waals surface area contributed by atoms with Crippen LogP contribution < -0.4 is 10.2 Å². The Morgan fingerprint density at radius 1 is 1.30 bits per heavy atom. The van der Waals surface area contributed by atoms with E-state index in [1.54, 1.807) is 0 Å². The molecule has 0 radical (unpaired) electrons. The Kier molecular flexibility index (Phi) is 4.90. The quantitative estimate of drug-likeness (QED) is 0.914. The number of hydrogen-bond acceptors (Lipinski definition) is 3. The highest BCUT2D eigenvalue weighted by Gasteiger charge is 2.15. The molecule has 2 nitrogen and oxygen atoms in total. The zero-order valence-corrected chi connectivity index (χ0v) is 13.3. The molecule has 0 saturated carbocycles. The summed E-state index contributed by atoms with van der Waals surface area (Å²) in [6, 6.07) is 7.01. The van der Waals surface area contributed by atoms with Gasteiger partial charge in [0.2, 0.25) is 0 Å². The van der Waals surface area contributed by atoms with Crippen LogP contribution in [0.3, 0.4) is 0 Å². The number of benzene rings is 1. The van der Waals surface area contributed by atoms with Gasteiger partial charge in [0.15, 0.2) is 0 Å². The summed E-state index contributed by atoms with van der Waals surface area (Å²) < 4.78 is 0. The number of hydrogen-bond donors (Lipinski definition) is 1. The second-order valence-corrected chi connectivity index (χ2v) is 7.52. The lowest BCUT2D eigenvalue weighted by Crippen LogP contribution is -2.27. The van der Waals surface area contributed by atoms with Crippen molar-refractivity contribution >= 4 is 17.4 Å². The summed E-state index contributed by atoms with van der Waals surface area (Å²) in [7, 11) is 2.20. The largest absolute Gasteiger partial charge is 0.374 e. The van der Waals surface area contributed by atoms with Crippen LogP contribution in [0.15, 0.2) is 18.2 Å². The molecule has 1 aromatic carbocycles. The van der Waals surface area contributed by atoms with E-state index >= 15 is 0 Å². The monoisotopic (exact) mass is 290 g/mol. The SMILES string of the molecule is CN1CCCc2cc(CNCC3CCCCS3)ccc21. The zero-order chi connectivity index (χ0) is 13.8. The zero-order valence-electron chi connectivity index (χ0n) is 12.5. The lowest BCUT2D eigenvalue weighted by molar-refractivity contribution is 0.597. The van der Waals surface area contributed by atoms with E-state index in [0.29, 0.717) is 0 Å². The smallest absolute Gasteiger partial charge is 0.0396 e. The molecule has 0 amide bonds. The van der Waals surface area contributed by atoms with Crippen LogP contribution in [-0.4, -0.2) is 31.1 Å². The highest BCUT2D eigenvalue weighted by molar-refractivity contribution is 7.99. The molecule has 0 aromatic heterocycles. The molecule has 0 spiro atoms. The van der Waals surface area contributed by atoms with E-state index in [4.69, 9.17) is 0 Å². The lowest BCUT2D eigenvalue weighted by Gasteiger charge is -2.28. The molecule has 0 bridgehead atoms. The van der Waals surface area contributed by atoms with Gasteiger partial charge in [-0.05, 0) is 48.6 Å². The summed E-state index contributed by atoms with van der Waals surface area (Å²) in [6.07, 6.45) is 6.77. The molecule has 1 aromatic rings. The number of nitrogens with one attached hydrogen (secondary N) is 1. The first-order chi connectivity index (χ1) is 9.83. The fourth-order valence-corrected chi connectivity index (χ4v) is 4.57. The molecule has 0 aliphatic carbocycles. The maximum atomic E-state index is 3.65. The first kappa shape index (κ1) is 14.3. The highest BCUT2D eigenvalue weighted by Crippen LogP contribution is 2.27. The van der Waals surface area contributed by atoms with E-state index < -0.39 is 0 Å². The minimum Gasteiger partial charge on any atom is -0.374 e. The molecule has 1 fully saturated rings. The van der Waals surface area contributed by atoms with E-state index in [1.807, 2.05) is 0 Å². The van der Waals surface area contributed by atoms with Gasteiger partial charge in [-0.2, -0.15) is 11.8 Å². The second kappa shape index (κ2) is 6.86. The molecule has 1 unspecified atom stereocenters. The number of aryl methyl sites for hydroxylation is 1. The molecule has 3 heteroatoms. The Balaban J connectivity index is 1.52. The Morgan fingerprint density at radius 3 is 3.10 bits per heavy atom. The lowest BCUT2D eigenvalue weighted by atomic mass is 9.99. The van der Waals surface area contributed by atoms with Crippen molar-refractivity contribution in [3.8, 4) is 0 Å². The molecule has 110 valence electrons. The second-order valence-electron chi connectivity index (χ2n) is 6.11. The summed E-state index contributed by atoms with van der Waals surface area (Å²) in [5.41, 5.74) is 4.41. The topological polar surface area (TPSA) is 15.3 Å². The van der Waals surface area contributed by atoms with E-state index in [9.17, 15) is 0 Å². The normalized spacial score (nSPS) is 22.6. The van der Waals surface area contributed by atoms with Crippen molar-refractivity contribution in [2.75, 3.05) is 30.8 Å². The van der Waals surface area contributed by atoms with Crippen LogP contribution in [0.4, 0.5) is 5.69 Å². The Labute approximate surface area is 127 Å². The van der Waals surface area contributed by atoms with Gasteiger partial charge in [0.1, 0.15) is 0 Å². The molecule has 2 aliphatic rings. The minimum absolute atomic E-state index is 0.840. The first-order valence-corrected chi connectivity index (χ1v) is 9.03. The Bertz CT molecular complexity index is 441. The average Bonchev–Trinajstić information content (AvgIpc) is 2.48. The maximum absolute atomic E-state index is 3.65. The van der Waals surface area contributed by atoms with Gasteiger partial charge >= 0.3 is 0 Å². The molecule has 1 saturated heterocycles. The van der Waals surface area contributed by atoms with Gasteiger partial charge in [-0.15, -0.1) is 0 Å². The van der Waals surface area contributed by atoms with Gasteiger partial charge in [-0.1, -0.05) is 18.6 Å². The fraction of sp³-hybridized carbons (Fsp3) is 0.647. The summed E-state index contributed by atoms with van der Waals surface area (Å²) >= 11 is 2.15. The molecule has 3 rings (SSSR count). The predicted molar refractivity (Wildman–Crippen MR) is 89.8 cm³/mol. The van der Waals surface area contributed by atoms with Crippen LogP contribution in [-0.2, 0) is 13.0 Å². The highest BCUT2D eigenvalue weighted by atomic mass is 32.2. The van der Waals surface area contributed by atoms with Gasteiger partial charge in [-0.25, -0.2) is 0 Å². The number of fused-ring (bicyclic) bond motifs is 1. The van der Waals surface area contributed by atoms with Gasteiger partial charge in [0, 0.05) is 37.6 Å². The van der Waals surface area contributed by atoms with Gasteiger partial charge in [-0.3, -0.25) is 0 Å². The standard InChI is InChI=1S/C17H26N2S/c1-19-9-4-5-15-11-14(7-8-17(15)19)12-18-13-16-6-2-3-10-20-16/h7-8,11,16,18H,2-6,9-10,12-13H2,1H3. The third-order valence-corrected chi connectivity index (χ3v) is 5.87. The maximum Gasteiger partial charge on any atom is 0.0396 e. The third kappa shape index (κ3) is 3.50. The number of anilines is 1. The van der Waals surface area contributed by atoms with Crippen molar-refractivity contribution in [1.82, 2.24) is 5.32 Å². The van der Waals surface area contributed by atoms with Crippen molar-refractivity contribution < 1.29 is 0 Å². The molecule has 1 N–H and O–H groups in total. The van der Waals surface area contributed by atoms with Crippen LogP contribution in [0.5, 0.6) is 0 Å². The van der Waals surface area contributed by atoms with Crippen LogP contribution in [0.2, 0.25) is 0 Å². The van der Waals surface area contributed by atoms with E-state index in [2.05, 4.69) is 47.2 Å². The third-order valence-electron chi connectivity index (χ3n) is 4.47. The molecule has 20 heavy (non-hydrogen) atoms. The Morgan fingerprint density at radius 2 is 2.25 bits per heavy atom. The van der Waals surface area contributed by atoms with Crippen LogP contribution in [0, 0.1) is 0 Å². The number of rotatable bonds is 4. The Hall–Kier alpha value is -0.670. The van der Waals surface area contributed by atoms with Crippen molar-refractivity contribution in [3.63, 3.8) is 0 Å². The van der Waals surface area contributed by atoms with E-state index in [-0.39, 0.29) is 0 Å².